The zero-order valence-electron chi connectivity index (χ0n) is 11.2. The van der Waals surface area contributed by atoms with E-state index >= 15 is 0 Å². The highest BCUT2D eigenvalue weighted by molar-refractivity contribution is 5.80. The second-order valence-corrected chi connectivity index (χ2v) is 5.51. The van der Waals surface area contributed by atoms with Crippen molar-refractivity contribution < 1.29 is 4.79 Å². The van der Waals surface area contributed by atoms with Crippen molar-refractivity contribution in [3.63, 3.8) is 0 Å². The lowest BCUT2D eigenvalue weighted by Gasteiger charge is -2.31. The largest absolute Gasteiger partial charge is 0.335 e. The molecule has 4 nitrogen and oxygen atoms in total. The number of amides is 1. The van der Waals surface area contributed by atoms with Crippen molar-refractivity contribution in [3.05, 3.63) is 30.1 Å². The lowest BCUT2D eigenvalue weighted by atomic mass is 9.97. The minimum absolute atomic E-state index is 0.177. The van der Waals surface area contributed by atoms with Gasteiger partial charge in [0, 0.05) is 25.5 Å². The Morgan fingerprint density at radius 2 is 2.11 bits per heavy atom. The number of likely N-dealkylation sites (tertiary alicyclic amines) is 1. The molecule has 0 aliphatic carbocycles. The van der Waals surface area contributed by atoms with Gasteiger partial charge in [0.05, 0.1) is 12.0 Å². The molecule has 0 aromatic carbocycles. The maximum absolute atomic E-state index is 12.7. The summed E-state index contributed by atoms with van der Waals surface area (Å²) in [5, 5.41) is 3.34. The molecule has 4 heteroatoms. The minimum atomic E-state index is 0.177. The van der Waals surface area contributed by atoms with E-state index in [2.05, 4.69) is 15.2 Å². The zero-order valence-corrected chi connectivity index (χ0v) is 11.2. The molecule has 0 saturated carbocycles. The van der Waals surface area contributed by atoms with Crippen LogP contribution in [0.4, 0.5) is 0 Å². The third-order valence-corrected chi connectivity index (χ3v) is 4.27. The molecule has 3 heterocycles. The number of aromatic nitrogens is 1. The first-order valence-electron chi connectivity index (χ1n) is 7.27. The van der Waals surface area contributed by atoms with Crippen LogP contribution in [0.1, 0.15) is 37.3 Å². The third kappa shape index (κ3) is 2.63. The molecule has 2 fully saturated rings. The van der Waals surface area contributed by atoms with Crippen molar-refractivity contribution in [2.45, 2.75) is 31.7 Å². The van der Waals surface area contributed by atoms with E-state index in [9.17, 15) is 4.79 Å². The summed E-state index contributed by atoms with van der Waals surface area (Å²) in [7, 11) is 0. The highest BCUT2D eigenvalue weighted by Crippen LogP contribution is 2.33. The summed E-state index contributed by atoms with van der Waals surface area (Å²) in [6.07, 6.45) is 7.97. The second-order valence-electron chi connectivity index (χ2n) is 5.51. The molecule has 1 N–H and O–H groups in total. The highest BCUT2D eigenvalue weighted by atomic mass is 16.2. The van der Waals surface area contributed by atoms with Crippen LogP contribution in [-0.4, -0.2) is 35.4 Å². The number of pyridine rings is 1. The molecule has 0 radical (unpaired) electrons. The van der Waals surface area contributed by atoms with E-state index in [1.165, 1.54) is 5.56 Å². The van der Waals surface area contributed by atoms with E-state index in [1.807, 2.05) is 24.5 Å². The Balaban J connectivity index is 1.74. The summed E-state index contributed by atoms with van der Waals surface area (Å²) in [6.45, 7) is 2.80. The first-order valence-corrected chi connectivity index (χ1v) is 7.27. The topological polar surface area (TPSA) is 45.2 Å². The molecule has 19 heavy (non-hydrogen) atoms. The summed E-state index contributed by atoms with van der Waals surface area (Å²) in [5.41, 5.74) is 1.23. The summed E-state index contributed by atoms with van der Waals surface area (Å²) >= 11 is 0. The van der Waals surface area contributed by atoms with Gasteiger partial charge in [0.15, 0.2) is 0 Å². The third-order valence-electron chi connectivity index (χ3n) is 4.27. The second kappa shape index (κ2) is 5.70. The lowest BCUT2D eigenvalue weighted by molar-refractivity contribution is -0.137. The van der Waals surface area contributed by atoms with Gasteiger partial charge in [0.2, 0.25) is 5.91 Å². The minimum Gasteiger partial charge on any atom is -0.335 e. The van der Waals surface area contributed by atoms with Gasteiger partial charge in [-0.3, -0.25) is 9.78 Å². The van der Waals surface area contributed by atoms with Crippen LogP contribution in [-0.2, 0) is 4.79 Å². The average Bonchev–Trinajstić information content (AvgIpc) is 2.98. The molecule has 0 bridgehead atoms. The van der Waals surface area contributed by atoms with Crippen molar-refractivity contribution in [2.75, 3.05) is 19.6 Å². The van der Waals surface area contributed by atoms with Gasteiger partial charge in [-0.15, -0.1) is 0 Å². The van der Waals surface area contributed by atoms with E-state index in [0.717, 1.165) is 45.3 Å². The zero-order chi connectivity index (χ0) is 13.1. The molecule has 1 aromatic heterocycles. The smallest absolute Gasteiger partial charge is 0.227 e. The Labute approximate surface area is 114 Å². The van der Waals surface area contributed by atoms with Crippen LogP contribution in [0, 0.1) is 5.92 Å². The van der Waals surface area contributed by atoms with E-state index in [0.29, 0.717) is 5.91 Å². The lowest BCUT2D eigenvalue weighted by Crippen LogP contribution is -2.42. The Kier molecular flexibility index (Phi) is 3.78. The number of nitrogens with zero attached hydrogens (tertiary/aromatic N) is 2. The van der Waals surface area contributed by atoms with Crippen LogP contribution in [0.5, 0.6) is 0 Å². The summed E-state index contributed by atoms with van der Waals surface area (Å²) in [5.74, 6) is 0.516. The van der Waals surface area contributed by atoms with Crippen LogP contribution in [0.2, 0.25) is 0 Å². The SMILES string of the molecule is O=C([C@H]1CCCNC1)N1CCCC1c1ccncc1. The van der Waals surface area contributed by atoms with Crippen LogP contribution in [0.15, 0.2) is 24.5 Å². The van der Waals surface area contributed by atoms with Crippen molar-refractivity contribution >= 4 is 5.91 Å². The fraction of sp³-hybridized carbons (Fsp3) is 0.600. The summed E-state index contributed by atoms with van der Waals surface area (Å²) in [6, 6.07) is 4.34. The van der Waals surface area contributed by atoms with E-state index < -0.39 is 0 Å². The number of piperidine rings is 1. The van der Waals surface area contributed by atoms with Crippen LogP contribution >= 0.6 is 0 Å². The van der Waals surface area contributed by atoms with Crippen molar-refractivity contribution in [1.82, 2.24) is 15.2 Å². The number of hydrogen-bond acceptors (Lipinski definition) is 3. The van der Waals surface area contributed by atoms with Crippen molar-refractivity contribution in [3.8, 4) is 0 Å². The van der Waals surface area contributed by atoms with Gasteiger partial charge in [0.25, 0.3) is 0 Å². The molecule has 2 aliphatic heterocycles. The summed E-state index contributed by atoms with van der Waals surface area (Å²) < 4.78 is 0. The van der Waals surface area contributed by atoms with E-state index in [1.54, 1.807) is 0 Å². The molecule has 2 atom stereocenters. The molecular formula is C15H21N3O. The van der Waals surface area contributed by atoms with Crippen molar-refractivity contribution in [1.29, 1.82) is 0 Å². The molecule has 1 aromatic rings. The number of carbonyl (C=O) groups excluding carboxylic acids is 1. The van der Waals surface area contributed by atoms with Crippen LogP contribution < -0.4 is 5.32 Å². The van der Waals surface area contributed by atoms with Gasteiger partial charge >= 0.3 is 0 Å². The van der Waals surface area contributed by atoms with Gasteiger partial charge < -0.3 is 10.2 Å². The molecular weight excluding hydrogens is 238 g/mol. The first kappa shape index (κ1) is 12.6. The predicted molar refractivity (Wildman–Crippen MR) is 73.5 cm³/mol. The average molecular weight is 259 g/mol. The monoisotopic (exact) mass is 259 g/mol. The van der Waals surface area contributed by atoms with Crippen LogP contribution in [0.25, 0.3) is 0 Å². The van der Waals surface area contributed by atoms with Gasteiger partial charge in [-0.25, -0.2) is 0 Å². The fourth-order valence-corrected chi connectivity index (χ4v) is 3.26. The molecule has 3 rings (SSSR count). The molecule has 102 valence electrons. The van der Waals surface area contributed by atoms with E-state index in [4.69, 9.17) is 0 Å². The van der Waals surface area contributed by atoms with Gasteiger partial charge in [-0.2, -0.15) is 0 Å². The van der Waals surface area contributed by atoms with Crippen LogP contribution in [0.3, 0.4) is 0 Å². The number of hydrogen-bond donors (Lipinski definition) is 1. The Morgan fingerprint density at radius 1 is 1.26 bits per heavy atom. The number of carbonyl (C=O) groups is 1. The highest BCUT2D eigenvalue weighted by Gasteiger charge is 2.34. The van der Waals surface area contributed by atoms with Gasteiger partial charge in [0.1, 0.15) is 0 Å². The number of nitrogens with one attached hydrogen (secondary N) is 1. The normalized spacial score (nSPS) is 27.5. The van der Waals surface area contributed by atoms with E-state index in [-0.39, 0.29) is 12.0 Å². The van der Waals surface area contributed by atoms with Gasteiger partial charge in [-0.05, 0) is 49.9 Å². The quantitative estimate of drug-likeness (QED) is 0.880. The van der Waals surface area contributed by atoms with Crippen molar-refractivity contribution in [2.24, 2.45) is 5.92 Å². The Hall–Kier alpha value is -1.42. The standard InChI is InChI=1S/C15H21N3O/c19-15(13-3-1-7-17-11-13)18-10-2-4-14(18)12-5-8-16-9-6-12/h5-6,8-9,13-14,17H,1-4,7,10-11H2/t13-,14?/m0/s1. The fourth-order valence-electron chi connectivity index (χ4n) is 3.26. The Bertz CT molecular complexity index is 428. The molecule has 1 amide bonds. The first-order chi connectivity index (χ1) is 9.36. The molecule has 1 unspecified atom stereocenters. The number of rotatable bonds is 2. The van der Waals surface area contributed by atoms with Gasteiger partial charge in [-0.1, -0.05) is 0 Å². The predicted octanol–water partition coefficient (Wildman–Crippen LogP) is 1.74. The maximum Gasteiger partial charge on any atom is 0.227 e. The maximum atomic E-state index is 12.7. The molecule has 2 aliphatic rings. The Morgan fingerprint density at radius 3 is 2.84 bits per heavy atom. The molecule has 0 spiro atoms. The summed E-state index contributed by atoms with van der Waals surface area (Å²) in [4.78, 5) is 18.8. The molecule has 2 saturated heterocycles.